The van der Waals surface area contributed by atoms with E-state index in [0.29, 0.717) is 17.9 Å². The van der Waals surface area contributed by atoms with Crippen LogP contribution in [0.5, 0.6) is 0 Å². The van der Waals surface area contributed by atoms with E-state index in [-0.39, 0.29) is 11.9 Å². The van der Waals surface area contributed by atoms with E-state index in [1.807, 2.05) is 6.92 Å². The summed E-state index contributed by atoms with van der Waals surface area (Å²) < 4.78 is 27.7. The van der Waals surface area contributed by atoms with E-state index in [9.17, 15) is 13.2 Å². The topological polar surface area (TPSA) is 66.5 Å². The Balaban J connectivity index is 1.94. The predicted octanol–water partition coefficient (Wildman–Crippen LogP) is 2.91. The van der Waals surface area contributed by atoms with Crippen molar-refractivity contribution in [1.82, 2.24) is 4.31 Å². The Labute approximate surface area is 138 Å². The van der Waals surface area contributed by atoms with Gasteiger partial charge in [-0.3, -0.25) is 4.79 Å². The van der Waals surface area contributed by atoms with Gasteiger partial charge in [0.2, 0.25) is 15.9 Å². The monoisotopic (exact) mass is 336 g/mol. The quantitative estimate of drug-likeness (QED) is 0.923. The lowest BCUT2D eigenvalue weighted by Crippen LogP contribution is -2.43. The standard InChI is InChI=1S/C17H24N2O3S/c1-2-14-7-3-4-11-19(14)23(21,22)15-9-10-16-13(12-15)6-5-8-17(20)18-16/h9-10,12,14H,2-8,11H2,1H3,(H,18,20)/t14-/m0/s1. The van der Waals surface area contributed by atoms with E-state index >= 15 is 0 Å². The van der Waals surface area contributed by atoms with Crippen molar-refractivity contribution in [2.24, 2.45) is 0 Å². The third kappa shape index (κ3) is 3.28. The van der Waals surface area contributed by atoms with Gasteiger partial charge in [-0.1, -0.05) is 13.3 Å². The lowest BCUT2D eigenvalue weighted by molar-refractivity contribution is -0.116. The van der Waals surface area contributed by atoms with Crippen LogP contribution in [0.3, 0.4) is 0 Å². The summed E-state index contributed by atoms with van der Waals surface area (Å²) in [4.78, 5) is 12.0. The van der Waals surface area contributed by atoms with Gasteiger partial charge in [0.05, 0.1) is 4.90 Å². The molecule has 1 aromatic carbocycles. The molecular weight excluding hydrogens is 312 g/mol. The van der Waals surface area contributed by atoms with E-state index in [0.717, 1.165) is 49.8 Å². The van der Waals surface area contributed by atoms with Gasteiger partial charge in [0, 0.05) is 24.7 Å². The van der Waals surface area contributed by atoms with Crippen LogP contribution in [0, 0.1) is 0 Å². The van der Waals surface area contributed by atoms with Gasteiger partial charge in [0.25, 0.3) is 0 Å². The highest BCUT2D eigenvalue weighted by Gasteiger charge is 2.32. The predicted molar refractivity (Wildman–Crippen MR) is 89.8 cm³/mol. The molecule has 6 heteroatoms. The molecule has 0 radical (unpaired) electrons. The Kier molecular flexibility index (Phi) is 4.73. The van der Waals surface area contributed by atoms with E-state index in [2.05, 4.69) is 5.32 Å². The first-order valence-electron chi connectivity index (χ1n) is 8.47. The van der Waals surface area contributed by atoms with E-state index in [4.69, 9.17) is 0 Å². The molecule has 0 bridgehead atoms. The number of benzene rings is 1. The van der Waals surface area contributed by atoms with E-state index in [1.54, 1.807) is 22.5 Å². The van der Waals surface area contributed by atoms with Crippen LogP contribution in [-0.4, -0.2) is 31.2 Å². The maximum absolute atomic E-state index is 13.0. The van der Waals surface area contributed by atoms with Gasteiger partial charge in [-0.2, -0.15) is 4.31 Å². The molecule has 0 spiro atoms. The fourth-order valence-electron chi connectivity index (χ4n) is 3.55. The van der Waals surface area contributed by atoms with Crippen LogP contribution in [0.1, 0.15) is 51.0 Å². The number of nitrogens with zero attached hydrogens (tertiary/aromatic N) is 1. The van der Waals surface area contributed by atoms with Crippen LogP contribution in [0.25, 0.3) is 0 Å². The molecule has 0 aromatic heterocycles. The summed E-state index contributed by atoms with van der Waals surface area (Å²) in [5, 5.41) is 2.85. The second kappa shape index (κ2) is 6.61. The average Bonchev–Trinajstić information content (AvgIpc) is 2.74. The maximum atomic E-state index is 13.0. The van der Waals surface area contributed by atoms with Gasteiger partial charge in [0.1, 0.15) is 0 Å². The first-order chi connectivity index (χ1) is 11.0. The van der Waals surface area contributed by atoms with Crippen LogP contribution in [0.15, 0.2) is 23.1 Å². The number of amides is 1. The molecule has 0 saturated carbocycles. The number of sulfonamides is 1. The molecule has 0 aliphatic carbocycles. The Hall–Kier alpha value is -1.40. The molecule has 23 heavy (non-hydrogen) atoms. The van der Waals surface area contributed by atoms with Crippen molar-refractivity contribution in [3.05, 3.63) is 23.8 Å². The molecule has 2 heterocycles. The van der Waals surface area contributed by atoms with Gasteiger partial charge in [-0.15, -0.1) is 0 Å². The van der Waals surface area contributed by atoms with Crippen molar-refractivity contribution >= 4 is 21.6 Å². The lowest BCUT2D eigenvalue weighted by atomic mass is 10.0. The number of carbonyl (C=O) groups excluding carboxylic acids is 1. The first-order valence-corrected chi connectivity index (χ1v) is 9.91. The van der Waals surface area contributed by atoms with Crippen LogP contribution in [0.4, 0.5) is 5.69 Å². The van der Waals surface area contributed by atoms with Gasteiger partial charge in [-0.25, -0.2) is 8.42 Å². The maximum Gasteiger partial charge on any atom is 0.243 e. The fraction of sp³-hybridized carbons (Fsp3) is 0.588. The van der Waals surface area contributed by atoms with Crippen molar-refractivity contribution in [2.75, 3.05) is 11.9 Å². The molecule has 2 aliphatic rings. The van der Waals surface area contributed by atoms with E-state index < -0.39 is 10.0 Å². The molecule has 0 unspecified atom stereocenters. The van der Waals surface area contributed by atoms with Crippen molar-refractivity contribution in [3.8, 4) is 0 Å². The summed E-state index contributed by atoms with van der Waals surface area (Å²) in [7, 11) is -3.46. The van der Waals surface area contributed by atoms with Crippen molar-refractivity contribution in [3.63, 3.8) is 0 Å². The van der Waals surface area contributed by atoms with Crippen molar-refractivity contribution in [2.45, 2.75) is 62.8 Å². The smallest absolute Gasteiger partial charge is 0.243 e. The lowest BCUT2D eigenvalue weighted by Gasteiger charge is -2.34. The minimum Gasteiger partial charge on any atom is -0.326 e. The minimum atomic E-state index is -3.46. The zero-order valence-corrected chi connectivity index (χ0v) is 14.4. The molecule has 3 rings (SSSR count). The number of rotatable bonds is 3. The van der Waals surface area contributed by atoms with Crippen LogP contribution >= 0.6 is 0 Å². The zero-order chi connectivity index (χ0) is 16.4. The molecule has 1 atom stereocenters. The highest BCUT2D eigenvalue weighted by Crippen LogP contribution is 2.30. The summed E-state index contributed by atoms with van der Waals surface area (Å²) in [6.07, 6.45) is 5.79. The number of carbonyl (C=O) groups is 1. The Morgan fingerprint density at radius 2 is 2.04 bits per heavy atom. The number of aryl methyl sites for hydroxylation is 1. The van der Waals surface area contributed by atoms with Crippen molar-refractivity contribution < 1.29 is 13.2 Å². The molecule has 5 nitrogen and oxygen atoms in total. The molecular formula is C17H24N2O3S. The number of anilines is 1. The van der Waals surface area contributed by atoms with Crippen LogP contribution < -0.4 is 5.32 Å². The van der Waals surface area contributed by atoms with E-state index in [1.165, 1.54) is 0 Å². The summed E-state index contributed by atoms with van der Waals surface area (Å²) in [5.41, 5.74) is 1.67. The highest BCUT2D eigenvalue weighted by atomic mass is 32.2. The van der Waals surface area contributed by atoms with Crippen molar-refractivity contribution in [1.29, 1.82) is 0 Å². The number of fused-ring (bicyclic) bond motifs is 1. The molecule has 1 aromatic rings. The van der Waals surface area contributed by atoms with Gasteiger partial charge in [-0.05, 0) is 55.9 Å². The fourth-order valence-corrected chi connectivity index (χ4v) is 5.36. The SMILES string of the molecule is CC[C@H]1CCCCN1S(=O)(=O)c1ccc2c(c1)CCCC(=O)N2. The molecule has 1 fully saturated rings. The van der Waals surface area contributed by atoms with Crippen LogP contribution in [0.2, 0.25) is 0 Å². The Morgan fingerprint density at radius 1 is 1.22 bits per heavy atom. The largest absolute Gasteiger partial charge is 0.326 e. The minimum absolute atomic E-state index is 0.00133. The molecule has 1 amide bonds. The zero-order valence-electron chi connectivity index (χ0n) is 13.5. The van der Waals surface area contributed by atoms with Gasteiger partial charge < -0.3 is 5.32 Å². The number of piperidine rings is 1. The van der Waals surface area contributed by atoms with Gasteiger partial charge >= 0.3 is 0 Å². The number of hydrogen-bond acceptors (Lipinski definition) is 3. The second-order valence-electron chi connectivity index (χ2n) is 6.39. The third-order valence-corrected chi connectivity index (χ3v) is 6.80. The molecule has 1 N–H and O–H groups in total. The summed E-state index contributed by atoms with van der Waals surface area (Å²) >= 11 is 0. The second-order valence-corrected chi connectivity index (χ2v) is 8.28. The normalized spacial score (nSPS) is 23.0. The molecule has 2 aliphatic heterocycles. The number of nitrogens with one attached hydrogen (secondary N) is 1. The Bertz CT molecular complexity index is 700. The number of hydrogen-bond donors (Lipinski definition) is 1. The van der Waals surface area contributed by atoms with Crippen LogP contribution in [-0.2, 0) is 21.2 Å². The third-order valence-electron chi connectivity index (χ3n) is 4.85. The highest BCUT2D eigenvalue weighted by molar-refractivity contribution is 7.89. The first kappa shape index (κ1) is 16.5. The summed E-state index contributed by atoms with van der Waals surface area (Å²) in [6, 6.07) is 5.21. The molecule has 126 valence electrons. The summed E-state index contributed by atoms with van der Waals surface area (Å²) in [6.45, 7) is 2.65. The summed E-state index contributed by atoms with van der Waals surface area (Å²) in [5.74, 6) is 0.00133. The average molecular weight is 336 g/mol. The Morgan fingerprint density at radius 3 is 2.83 bits per heavy atom. The molecule has 1 saturated heterocycles. The van der Waals surface area contributed by atoms with Gasteiger partial charge in [0.15, 0.2) is 0 Å².